The Labute approximate surface area is 183 Å². The fraction of sp³-hybridized carbons (Fsp3) is 0.364. The first kappa shape index (κ1) is 22.8. The molecule has 0 radical (unpaired) electrons. The number of carbonyl (C=O) groups is 2. The van der Waals surface area contributed by atoms with Crippen LogP contribution in [0.5, 0.6) is 0 Å². The van der Waals surface area contributed by atoms with Gasteiger partial charge in [0.05, 0.1) is 12.8 Å². The van der Waals surface area contributed by atoms with Gasteiger partial charge in [-0.25, -0.2) is 8.42 Å². The lowest BCUT2D eigenvalue weighted by molar-refractivity contribution is -0.117. The number of para-hydroxylation sites is 1. The number of hydrogen-bond acceptors (Lipinski definition) is 5. The molecule has 2 N–H and O–H groups in total. The van der Waals surface area contributed by atoms with Crippen molar-refractivity contribution >= 4 is 33.2 Å². The largest absolute Gasteiger partial charge is 0.336 e. The standard InChI is InChI=1S/C22H28N4O4S/c1-16-6-4-7-17(2)21(16)23-20(27)15-25-10-12-26(13-11-25)22(28)18-8-5-9-19(14-18)24-31(3,29)30/h4-9,14,24H,10-13,15H2,1-3H3,(H,23,27). The predicted octanol–water partition coefficient (Wildman–Crippen LogP) is 2.07. The average Bonchev–Trinajstić information content (AvgIpc) is 2.70. The summed E-state index contributed by atoms with van der Waals surface area (Å²) in [5.74, 6) is -0.228. The van der Waals surface area contributed by atoms with Gasteiger partial charge in [-0.05, 0) is 43.2 Å². The van der Waals surface area contributed by atoms with Crippen molar-refractivity contribution < 1.29 is 18.0 Å². The minimum Gasteiger partial charge on any atom is -0.336 e. The molecule has 1 heterocycles. The Morgan fingerprint density at radius 2 is 1.58 bits per heavy atom. The first-order valence-electron chi connectivity index (χ1n) is 10.1. The van der Waals surface area contributed by atoms with Crippen molar-refractivity contribution in [3.05, 3.63) is 59.2 Å². The molecule has 0 saturated carbocycles. The van der Waals surface area contributed by atoms with Crippen molar-refractivity contribution in [3.8, 4) is 0 Å². The summed E-state index contributed by atoms with van der Waals surface area (Å²) in [4.78, 5) is 29.0. The van der Waals surface area contributed by atoms with E-state index in [4.69, 9.17) is 0 Å². The maximum Gasteiger partial charge on any atom is 0.254 e. The molecule has 0 bridgehead atoms. The highest BCUT2D eigenvalue weighted by molar-refractivity contribution is 7.92. The fourth-order valence-electron chi connectivity index (χ4n) is 3.62. The van der Waals surface area contributed by atoms with E-state index in [1.807, 2.05) is 36.9 Å². The highest BCUT2D eigenvalue weighted by atomic mass is 32.2. The van der Waals surface area contributed by atoms with Crippen molar-refractivity contribution in [2.45, 2.75) is 13.8 Å². The summed E-state index contributed by atoms with van der Waals surface area (Å²) in [7, 11) is -3.41. The fourth-order valence-corrected chi connectivity index (χ4v) is 4.17. The van der Waals surface area contributed by atoms with Crippen LogP contribution in [0.3, 0.4) is 0 Å². The second-order valence-corrected chi connectivity index (χ2v) is 9.59. The maximum absolute atomic E-state index is 12.8. The number of nitrogens with one attached hydrogen (secondary N) is 2. The van der Waals surface area contributed by atoms with E-state index in [1.54, 1.807) is 23.1 Å². The Balaban J connectivity index is 1.54. The lowest BCUT2D eigenvalue weighted by atomic mass is 10.1. The van der Waals surface area contributed by atoms with Crippen LogP contribution in [0.1, 0.15) is 21.5 Å². The molecule has 31 heavy (non-hydrogen) atoms. The Hall–Kier alpha value is -2.91. The summed E-state index contributed by atoms with van der Waals surface area (Å²) in [5.41, 5.74) is 3.68. The molecule has 3 rings (SSSR count). The van der Waals surface area contributed by atoms with Crippen molar-refractivity contribution in [2.75, 3.05) is 49.0 Å². The average molecular weight is 445 g/mol. The topological polar surface area (TPSA) is 98.8 Å². The molecule has 0 spiro atoms. The van der Waals surface area contributed by atoms with Gasteiger partial charge in [0.1, 0.15) is 0 Å². The SMILES string of the molecule is Cc1cccc(C)c1NC(=O)CN1CCN(C(=O)c2cccc(NS(C)(=O)=O)c2)CC1. The molecule has 8 nitrogen and oxygen atoms in total. The number of rotatable bonds is 6. The van der Waals surface area contributed by atoms with Gasteiger partial charge in [-0.3, -0.25) is 19.2 Å². The van der Waals surface area contributed by atoms with Crippen LogP contribution < -0.4 is 10.0 Å². The highest BCUT2D eigenvalue weighted by Gasteiger charge is 2.24. The van der Waals surface area contributed by atoms with Crippen LogP contribution in [-0.4, -0.2) is 69.0 Å². The third-order valence-corrected chi connectivity index (χ3v) is 5.79. The zero-order valence-electron chi connectivity index (χ0n) is 18.0. The minimum absolute atomic E-state index is 0.0725. The zero-order valence-corrected chi connectivity index (χ0v) is 18.8. The monoisotopic (exact) mass is 444 g/mol. The smallest absolute Gasteiger partial charge is 0.254 e. The van der Waals surface area contributed by atoms with Gasteiger partial charge in [0.2, 0.25) is 15.9 Å². The summed E-state index contributed by atoms with van der Waals surface area (Å²) in [6.07, 6.45) is 1.07. The first-order valence-corrected chi connectivity index (χ1v) is 12.0. The Morgan fingerprint density at radius 1 is 0.968 bits per heavy atom. The number of nitrogens with zero attached hydrogens (tertiary/aromatic N) is 2. The van der Waals surface area contributed by atoms with E-state index in [2.05, 4.69) is 10.0 Å². The third kappa shape index (κ3) is 6.28. The zero-order chi connectivity index (χ0) is 22.6. The molecule has 9 heteroatoms. The summed E-state index contributed by atoms with van der Waals surface area (Å²) in [5, 5.41) is 2.99. The van der Waals surface area contributed by atoms with E-state index in [1.165, 1.54) is 6.07 Å². The summed E-state index contributed by atoms with van der Waals surface area (Å²) >= 11 is 0. The second-order valence-electron chi connectivity index (χ2n) is 7.84. The number of carbonyl (C=O) groups excluding carboxylic acids is 2. The molecule has 1 saturated heterocycles. The number of benzene rings is 2. The van der Waals surface area contributed by atoms with E-state index in [9.17, 15) is 18.0 Å². The van der Waals surface area contributed by atoms with Crippen LogP contribution in [0, 0.1) is 13.8 Å². The number of amides is 2. The summed E-state index contributed by atoms with van der Waals surface area (Å²) in [6.45, 7) is 6.38. The molecule has 0 unspecified atom stereocenters. The van der Waals surface area contributed by atoms with Crippen LogP contribution in [0.2, 0.25) is 0 Å². The molecule has 0 atom stereocenters. The van der Waals surface area contributed by atoms with E-state index in [0.29, 0.717) is 37.4 Å². The Kier molecular flexibility index (Phi) is 6.97. The maximum atomic E-state index is 12.8. The van der Waals surface area contributed by atoms with Crippen molar-refractivity contribution in [1.82, 2.24) is 9.80 Å². The van der Waals surface area contributed by atoms with Crippen molar-refractivity contribution in [2.24, 2.45) is 0 Å². The van der Waals surface area contributed by atoms with Crippen LogP contribution in [0.15, 0.2) is 42.5 Å². The lowest BCUT2D eigenvalue weighted by Gasteiger charge is -2.34. The minimum atomic E-state index is -3.41. The molecule has 1 aliphatic heterocycles. The lowest BCUT2D eigenvalue weighted by Crippen LogP contribution is -2.50. The first-order chi connectivity index (χ1) is 14.6. The molecule has 166 valence electrons. The van der Waals surface area contributed by atoms with Crippen molar-refractivity contribution in [1.29, 1.82) is 0 Å². The van der Waals surface area contributed by atoms with Gasteiger partial charge in [-0.1, -0.05) is 24.3 Å². The molecule has 1 fully saturated rings. The molecular weight excluding hydrogens is 416 g/mol. The molecule has 0 aromatic heterocycles. The quantitative estimate of drug-likeness (QED) is 0.711. The molecule has 2 aromatic carbocycles. The van der Waals surface area contributed by atoms with Crippen molar-refractivity contribution in [3.63, 3.8) is 0 Å². The normalized spacial score (nSPS) is 14.9. The van der Waals surface area contributed by atoms with Gasteiger partial charge >= 0.3 is 0 Å². The number of sulfonamides is 1. The summed E-state index contributed by atoms with van der Waals surface area (Å²) < 4.78 is 25.2. The number of hydrogen-bond donors (Lipinski definition) is 2. The van der Waals surface area contributed by atoms with E-state index < -0.39 is 10.0 Å². The Bertz CT molecular complexity index is 1060. The number of aryl methyl sites for hydroxylation is 2. The number of piperazine rings is 1. The van der Waals surface area contributed by atoms with E-state index in [-0.39, 0.29) is 18.4 Å². The molecule has 2 aromatic rings. The third-order valence-electron chi connectivity index (χ3n) is 5.19. The van der Waals surface area contributed by atoms with Crippen LogP contribution in [-0.2, 0) is 14.8 Å². The summed E-state index contributed by atoms with van der Waals surface area (Å²) in [6, 6.07) is 12.3. The molecule has 1 aliphatic rings. The molecule has 2 amide bonds. The van der Waals surface area contributed by atoms with Crippen LogP contribution >= 0.6 is 0 Å². The van der Waals surface area contributed by atoms with Gasteiger partial charge in [0.25, 0.3) is 5.91 Å². The number of anilines is 2. The van der Waals surface area contributed by atoms with E-state index in [0.717, 1.165) is 23.1 Å². The Morgan fingerprint density at radius 3 is 2.19 bits per heavy atom. The highest BCUT2D eigenvalue weighted by Crippen LogP contribution is 2.19. The van der Waals surface area contributed by atoms with Gasteiger partial charge in [0, 0.05) is 43.1 Å². The van der Waals surface area contributed by atoms with Gasteiger partial charge in [-0.15, -0.1) is 0 Å². The van der Waals surface area contributed by atoms with Crippen LogP contribution in [0.4, 0.5) is 11.4 Å². The van der Waals surface area contributed by atoms with Gasteiger partial charge in [0.15, 0.2) is 0 Å². The van der Waals surface area contributed by atoms with Gasteiger partial charge < -0.3 is 10.2 Å². The second kappa shape index (κ2) is 9.49. The molecule has 0 aliphatic carbocycles. The predicted molar refractivity (Wildman–Crippen MR) is 122 cm³/mol. The molecular formula is C22H28N4O4S. The van der Waals surface area contributed by atoms with Gasteiger partial charge in [-0.2, -0.15) is 0 Å². The van der Waals surface area contributed by atoms with Crippen LogP contribution in [0.25, 0.3) is 0 Å². The van der Waals surface area contributed by atoms with E-state index >= 15 is 0 Å².